The monoisotopic (exact) mass is 357 g/mol. The summed E-state index contributed by atoms with van der Waals surface area (Å²) < 4.78 is 41.6. The van der Waals surface area contributed by atoms with Crippen LogP contribution in [0.2, 0.25) is 0 Å². The zero-order valence-corrected chi connectivity index (χ0v) is 14.6. The van der Waals surface area contributed by atoms with E-state index in [2.05, 4.69) is 0 Å². The number of benzene rings is 1. The lowest BCUT2D eigenvalue weighted by Crippen LogP contribution is -2.44. The Balaban J connectivity index is 2.00. The maximum absolute atomic E-state index is 13.5. The Morgan fingerprint density at radius 3 is 2.58 bits per heavy atom. The van der Waals surface area contributed by atoms with E-state index < -0.39 is 39.7 Å². The molecule has 0 aliphatic carbocycles. The van der Waals surface area contributed by atoms with E-state index >= 15 is 0 Å². The second kappa shape index (κ2) is 6.88. The highest BCUT2D eigenvalue weighted by Crippen LogP contribution is 2.18. The van der Waals surface area contributed by atoms with Gasteiger partial charge in [-0.15, -0.1) is 0 Å². The van der Waals surface area contributed by atoms with Gasteiger partial charge in [-0.1, -0.05) is 6.07 Å². The first-order chi connectivity index (χ1) is 11.1. The second-order valence-corrected chi connectivity index (χ2v) is 8.25. The summed E-state index contributed by atoms with van der Waals surface area (Å²) >= 11 is 0. The van der Waals surface area contributed by atoms with Gasteiger partial charge in [0.05, 0.1) is 17.1 Å². The largest absolute Gasteiger partial charge is 0.449 e. The molecule has 8 heteroatoms. The van der Waals surface area contributed by atoms with Crippen molar-refractivity contribution in [1.29, 1.82) is 0 Å². The van der Waals surface area contributed by atoms with Gasteiger partial charge in [-0.05, 0) is 38.0 Å². The smallest absolute Gasteiger partial charge is 0.339 e. The lowest BCUT2D eigenvalue weighted by atomic mass is 10.1. The molecule has 1 amide bonds. The molecule has 1 aliphatic rings. The minimum Gasteiger partial charge on any atom is -0.449 e. The third-order valence-corrected chi connectivity index (χ3v) is 5.89. The van der Waals surface area contributed by atoms with Crippen molar-refractivity contribution in [3.63, 3.8) is 0 Å². The van der Waals surface area contributed by atoms with Gasteiger partial charge in [0.25, 0.3) is 5.91 Å². The fourth-order valence-corrected chi connectivity index (χ4v) is 4.32. The van der Waals surface area contributed by atoms with Gasteiger partial charge in [0.15, 0.2) is 15.9 Å². The number of esters is 1. The number of nitrogens with zero attached hydrogens (tertiary/aromatic N) is 1. The van der Waals surface area contributed by atoms with Crippen LogP contribution >= 0.6 is 0 Å². The van der Waals surface area contributed by atoms with Gasteiger partial charge < -0.3 is 9.64 Å². The van der Waals surface area contributed by atoms with E-state index in [0.29, 0.717) is 12.0 Å². The molecule has 1 aromatic rings. The van der Waals surface area contributed by atoms with Gasteiger partial charge in [0.1, 0.15) is 5.82 Å². The molecule has 24 heavy (non-hydrogen) atoms. The maximum Gasteiger partial charge on any atom is 0.339 e. The number of carbonyl (C=O) groups is 2. The van der Waals surface area contributed by atoms with Crippen LogP contribution in [0.25, 0.3) is 0 Å². The zero-order chi connectivity index (χ0) is 18.1. The zero-order valence-electron chi connectivity index (χ0n) is 13.8. The van der Waals surface area contributed by atoms with Crippen LogP contribution in [0.1, 0.15) is 29.3 Å². The average Bonchev–Trinajstić information content (AvgIpc) is 2.88. The van der Waals surface area contributed by atoms with E-state index in [1.807, 2.05) is 0 Å². The molecule has 1 saturated heterocycles. The van der Waals surface area contributed by atoms with Gasteiger partial charge in [-0.25, -0.2) is 17.6 Å². The molecule has 0 saturated carbocycles. The van der Waals surface area contributed by atoms with E-state index in [1.165, 1.54) is 31.0 Å². The highest BCUT2D eigenvalue weighted by Gasteiger charge is 2.35. The molecular formula is C16H20FNO5S. The number of rotatable bonds is 4. The van der Waals surface area contributed by atoms with Gasteiger partial charge in [0.2, 0.25) is 0 Å². The van der Waals surface area contributed by atoms with Crippen molar-refractivity contribution >= 4 is 21.7 Å². The van der Waals surface area contributed by atoms with Gasteiger partial charge in [-0.3, -0.25) is 4.79 Å². The molecule has 2 rings (SSSR count). The summed E-state index contributed by atoms with van der Waals surface area (Å²) in [6, 6.07) is 3.52. The van der Waals surface area contributed by atoms with Crippen molar-refractivity contribution in [1.82, 2.24) is 4.90 Å². The predicted octanol–water partition coefficient (Wildman–Crippen LogP) is 1.32. The molecule has 1 heterocycles. The third-order valence-electron chi connectivity index (χ3n) is 4.14. The van der Waals surface area contributed by atoms with Gasteiger partial charge in [0, 0.05) is 13.1 Å². The third kappa shape index (κ3) is 4.11. The van der Waals surface area contributed by atoms with E-state index in [4.69, 9.17) is 4.74 Å². The van der Waals surface area contributed by atoms with E-state index in [-0.39, 0.29) is 17.1 Å². The number of carbonyl (C=O) groups excluding carboxylic acids is 2. The average molecular weight is 357 g/mol. The molecular weight excluding hydrogens is 337 g/mol. The lowest BCUT2D eigenvalue weighted by molar-refractivity contribution is -0.140. The number of amides is 1. The summed E-state index contributed by atoms with van der Waals surface area (Å²) in [6.45, 7) is 2.98. The van der Waals surface area contributed by atoms with Crippen LogP contribution in [0.4, 0.5) is 4.39 Å². The number of ether oxygens (including phenoxy) is 1. The highest BCUT2D eigenvalue weighted by molar-refractivity contribution is 7.91. The number of hydrogen-bond donors (Lipinski definition) is 0. The molecule has 1 fully saturated rings. The summed E-state index contributed by atoms with van der Waals surface area (Å²) in [4.78, 5) is 25.6. The SMILES string of the molecule is Cc1ccc(C(=O)O[C@H](C)C(=O)N(C)[C@H]2CCS(=O)(=O)C2)cc1F. The number of aryl methyl sites for hydroxylation is 1. The van der Waals surface area contributed by atoms with Crippen molar-refractivity contribution in [2.75, 3.05) is 18.6 Å². The molecule has 132 valence electrons. The van der Waals surface area contributed by atoms with Crippen LogP contribution in [0, 0.1) is 12.7 Å². The fourth-order valence-electron chi connectivity index (χ4n) is 2.55. The first kappa shape index (κ1) is 18.4. The number of hydrogen-bond acceptors (Lipinski definition) is 5. The van der Waals surface area contributed by atoms with Crippen LogP contribution in [0.15, 0.2) is 18.2 Å². The molecule has 6 nitrogen and oxygen atoms in total. The predicted molar refractivity (Wildman–Crippen MR) is 85.8 cm³/mol. The topological polar surface area (TPSA) is 80.8 Å². The minimum absolute atomic E-state index is 0.0175. The molecule has 0 aromatic heterocycles. The Hall–Kier alpha value is -1.96. The standard InChI is InChI=1S/C16H20FNO5S/c1-10-4-5-12(8-14(10)17)16(20)23-11(2)15(19)18(3)13-6-7-24(21,22)9-13/h4-5,8,11,13H,6-7,9H2,1-3H3/t11-,13+/m1/s1. The van der Waals surface area contributed by atoms with Gasteiger partial charge in [-0.2, -0.15) is 0 Å². The summed E-state index contributed by atoms with van der Waals surface area (Å²) in [7, 11) is -1.63. The Kier molecular flexibility index (Phi) is 5.27. The van der Waals surface area contributed by atoms with E-state index in [1.54, 1.807) is 6.92 Å². The molecule has 0 radical (unpaired) electrons. The first-order valence-electron chi connectivity index (χ1n) is 7.55. The summed E-state index contributed by atoms with van der Waals surface area (Å²) in [5.74, 6) is -1.86. The summed E-state index contributed by atoms with van der Waals surface area (Å²) in [5, 5.41) is 0. The second-order valence-electron chi connectivity index (χ2n) is 6.02. The minimum atomic E-state index is -3.12. The Labute approximate surface area is 140 Å². The number of likely N-dealkylation sites (N-methyl/N-ethyl adjacent to an activating group) is 1. The molecule has 1 aromatic carbocycles. The van der Waals surface area contributed by atoms with Crippen molar-refractivity contribution < 1.29 is 27.1 Å². The van der Waals surface area contributed by atoms with Crippen LogP contribution in [-0.4, -0.2) is 55.9 Å². The van der Waals surface area contributed by atoms with Crippen molar-refractivity contribution in [3.8, 4) is 0 Å². The normalized spacial score (nSPS) is 20.4. The molecule has 0 spiro atoms. The molecule has 2 atom stereocenters. The number of halogens is 1. The van der Waals surface area contributed by atoms with Crippen LogP contribution in [0.5, 0.6) is 0 Å². The van der Waals surface area contributed by atoms with Gasteiger partial charge >= 0.3 is 5.97 Å². The van der Waals surface area contributed by atoms with Crippen molar-refractivity contribution in [2.45, 2.75) is 32.4 Å². The Morgan fingerprint density at radius 1 is 1.38 bits per heavy atom. The van der Waals surface area contributed by atoms with Crippen molar-refractivity contribution in [3.05, 3.63) is 35.1 Å². The highest BCUT2D eigenvalue weighted by atomic mass is 32.2. The van der Waals surface area contributed by atoms with Crippen LogP contribution in [-0.2, 0) is 19.4 Å². The molecule has 0 unspecified atom stereocenters. The quantitative estimate of drug-likeness (QED) is 0.760. The Morgan fingerprint density at radius 2 is 2.04 bits per heavy atom. The van der Waals surface area contributed by atoms with E-state index in [0.717, 1.165) is 6.07 Å². The molecule has 1 aliphatic heterocycles. The summed E-state index contributed by atoms with van der Waals surface area (Å²) in [6.07, 6.45) is -0.718. The lowest BCUT2D eigenvalue weighted by Gasteiger charge is -2.26. The van der Waals surface area contributed by atoms with Crippen LogP contribution < -0.4 is 0 Å². The fraction of sp³-hybridized carbons (Fsp3) is 0.500. The molecule has 0 bridgehead atoms. The summed E-state index contributed by atoms with van der Waals surface area (Å²) in [5.41, 5.74) is 0.418. The molecule has 0 N–H and O–H groups in total. The number of sulfone groups is 1. The van der Waals surface area contributed by atoms with Crippen LogP contribution in [0.3, 0.4) is 0 Å². The van der Waals surface area contributed by atoms with E-state index in [9.17, 15) is 22.4 Å². The Bertz CT molecular complexity index is 762. The maximum atomic E-state index is 13.5. The first-order valence-corrected chi connectivity index (χ1v) is 9.37. The van der Waals surface area contributed by atoms with Crippen molar-refractivity contribution in [2.24, 2.45) is 0 Å².